The Morgan fingerprint density at radius 1 is 0.489 bits per heavy atom. The molecule has 0 aromatic carbocycles. The van der Waals surface area contributed by atoms with Crippen molar-refractivity contribution in [2.45, 2.75) is 219 Å². The average molecular weight is 637 g/mol. The number of aliphatic hydroxyl groups is 1. The van der Waals surface area contributed by atoms with E-state index in [-0.39, 0.29) is 25.2 Å². The molecule has 266 valence electrons. The number of aliphatic hydroxyl groups excluding tert-OH is 1. The molecule has 0 aliphatic carbocycles. The predicted molar refractivity (Wildman–Crippen MR) is 192 cm³/mol. The lowest BCUT2D eigenvalue weighted by Crippen LogP contribution is -2.28. The molecular weight excluding hydrogens is 560 g/mol. The summed E-state index contributed by atoms with van der Waals surface area (Å²) in [6.45, 7) is 4.08. The predicted octanol–water partition coefficient (Wildman–Crippen LogP) is 12.1. The normalized spacial score (nSPS) is 12.2. The molecule has 45 heavy (non-hydrogen) atoms. The first-order chi connectivity index (χ1) is 22.1. The smallest absolute Gasteiger partial charge is 0.306 e. The van der Waals surface area contributed by atoms with Crippen LogP contribution in [-0.2, 0) is 19.1 Å². The van der Waals surface area contributed by atoms with Crippen molar-refractivity contribution in [1.29, 1.82) is 0 Å². The molecule has 0 saturated heterocycles. The van der Waals surface area contributed by atoms with Crippen molar-refractivity contribution < 1.29 is 24.2 Å². The lowest BCUT2D eigenvalue weighted by atomic mass is 10.0. The second-order valence-corrected chi connectivity index (χ2v) is 13.4. The van der Waals surface area contributed by atoms with Gasteiger partial charge in [0, 0.05) is 12.8 Å². The number of carbonyl (C=O) groups excluding carboxylic acids is 2. The fourth-order valence-corrected chi connectivity index (χ4v) is 5.78. The Hall–Kier alpha value is -1.36. The molecule has 0 fully saturated rings. The molecule has 0 radical (unpaired) electrons. The van der Waals surface area contributed by atoms with Crippen LogP contribution in [-0.4, -0.2) is 36.4 Å². The van der Waals surface area contributed by atoms with Crippen molar-refractivity contribution in [3.63, 3.8) is 0 Å². The third-order valence-electron chi connectivity index (χ3n) is 8.81. The van der Waals surface area contributed by atoms with Crippen LogP contribution >= 0.6 is 0 Å². The highest BCUT2D eigenvalue weighted by atomic mass is 16.6. The van der Waals surface area contributed by atoms with Crippen LogP contribution in [0.15, 0.2) is 12.2 Å². The van der Waals surface area contributed by atoms with Crippen molar-refractivity contribution in [3.05, 3.63) is 12.2 Å². The van der Waals surface area contributed by atoms with Crippen LogP contribution in [0.2, 0.25) is 0 Å². The summed E-state index contributed by atoms with van der Waals surface area (Å²) in [6, 6.07) is 0. The average Bonchev–Trinajstić information content (AvgIpc) is 3.04. The molecule has 0 aliphatic rings. The van der Waals surface area contributed by atoms with E-state index in [4.69, 9.17) is 9.47 Å². The van der Waals surface area contributed by atoms with Gasteiger partial charge in [0.15, 0.2) is 6.10 Å². The topological polar surface area (TPSA) is 72.8 Å². The van der Waals surface area contributed by atoms with Gasteiger partial charge in [-0.3, -0.25) is 9.59 Å². The molecule has 1 atom stereocenters. The summed E-state index contributed by atoms with van der Waals surface area (Å²) >= 11 is 0. The van der Waals surface area contributed by atoms with Gasteiger partial charge in [-0.15, -0.1) is 0 Å². The maximum atomic E-state index is 12.1. The maximum absolute atomic E-state index is 12.1. The lowest BCUT2D eigenvalue weighted by Gasteiger charge is -2.15. The van der Waals surface area contributed by atoms with E-state index in [2.05, 4.69) is 26.0 Å². The molecule has 0 bridgehead atoms. The van der Waals surface area contributed by atoms with Gasteiger partial charge < -0.3 is 14.6 Å². The quantitative estimate of drug-likeness (QED) is 0.0421. The minimum atomic E-state index is -0.762. The SMILES string of the molecule is CCCCCCCCCC/C=C\CCCCCCCCCCCCCCCC(=O)OC(CO)COC(=O)CCCCCCCC. The van der Waals surface area contributed by atoms with Gasteiger partial charge in [-0.25, -0.2) is 0 Å². The summed E-state index contributed by atoms with van der Waals surface area (Å²) in [6.07, 6.45) is 41.7. The molecule has 1 N–H and O–H groups in total. The first-order valence-corrected chi connectivity index (χ1v) is 19.7. The van der Waals surface area contributed by atoms with E-state index in [1.807, 2.05) is 0 Å². The van der Waals surface area contributed by atoms with Crippen LogP contribution in [0.4, 0.5) is 0 Å². The van der Waals surface area contributed by atoms with Gasteiger partial charge in [0.2, 0.25) is 0 Å². The van der Waals surface area contributed by atoms with Crippen LogP contribution in [0, 0.1) is 0 Å². The molecule has 0 rings (SSSR count). The second kappa shape index (κ2) is 37.1. The van der Waals surface area contributed by atoms with Crippen LogP contribution in [0.5, 0.6) is 0 Å². The summed E-state index contributed by atoms with van der Waals surface area (Å²) in [4.78, 5) is 24.0. The zero-order chi connectivity index (χ0) is 32.9. The largest absolute Gasteiger partial charge is 0.462 e. The molecule has 0 spiro atoms. The van der Waals surface area contributed by atoms with Gasteiger partial charge in [-0.05, 0) is 38.5 Å². The van der Waals surface area contributed by atoms with E-state index < -0.39 is 6.10 Å². The summed E-state index contributed by atoms with van der Waals surface area (Å²) in [5.74, 6) is -0.593. The van der Waals surface area contributed by atoms with Gasteiger partial charge in [-0.2, -0.15) is 0 Å². The minimum Gasteiger partial charge on any atom is -0.462 e. The third-order valence-corrected chi connectivity index (χ3v) is 8.81. The minimum absolute atomic E-state index is 0.0615. The monoisotopic (exact) mass is 637 g/mol. The van der Waals surface area contributed by atoms with E-state index in [0.29, 0.717) is 12.8 Å². The highest BCUT2D eigenvalue weighted by molar-refractivity contribution is 5.70. The number of carbonyl (C=O) groups is 2. The Bertz CT molecular complexity index is 647. The van der Waals surface area contributed by atoms with E-state index in [0.717, 1.165) is 38.5 Å². The van der Waals surface area contributed by atoms with Crippen molar-refractivity contribution in [2.24, 2.45) is 0 Å². The van der Waals surface area contributed by atoms with Gasteiger partial charge in [-0.1, -0.05) is 174 Å². The fraction of sp³-hybridized carbons (Fsp3) is 0.900. The van der Waals surface area contributed by atoms with Crippen molar-refractivity contribution in [3.8, 4) is 0 Å². The molecule has 0 amide bonds. The number of unbranched alkanes of at least 4 members (excludes halogenated alkanes) is 26. The number of esters is 2. The van der Waals surface area contributed by atoms with Gasteiger partial charge in [0.05, 0.1) is 6.61 Å². The Labute approximate surface area is 280 Å². The number of ether oxygens (including phenoxy) is 2. The molecular formula is C40H76O5. The molecule has 0 aliphatic heterocycles. The molecule has 0 aromatic rings. The van der Waals surface area contributed by atoms with E-state index >= 15 is 0 Å². The Morgan fingerprint density at radius 3 is 1.20 bits per heavy atom. The zero-order valence-electron chi connectivity index (χ0n) is 30.1. The van der Waals surface area contributed by atoms with Gasteiger partial charge >= 0.3 is 11.9 Å². The lowest BCUT2D eigenvalue weighted by molar-refractivity contribution is -0.161. The molecule has 0 heterocycles. The number of hydrogen-bond acceptors (Lipinski definition) is 5. The molecule has 0 saturated carbocycles. The summed E-state index contributed by atoms with van der Waals surface area (Å²) in [5.41, 5.74) is 0. The first kappa shape index (κ1) is 43.6. The van der Waals surface area contributed by atoms with E-state index in [1.54, 1.807) is 0 Å². The van der Waals surface area contributed by atoms with Crippen molar-refractivity contribution in [1.82, 2.24) is 0 Å². The highest BCUT2D eigenvalue weighted by Crippen LogP contribution is 2.15. The van der Waals surface area contributed by atoms with Crippen LogP contribution in [0.3, 0.4) is 0 Å². The summed E-state index contributed by atoms with van der Waals surface area (Å²) in [5, 5.41) is 9.48. The molecule has 5 heteroatoms. The molecule has 0 aromatic heterocycles. The second-order valence-electron chi connectivity index (χ2n) is 13.4. The maximum Gasteiger partial charge on any atom is 0.306 e. The Kier molecular flexibility index (Phi) is 36.0. The Balaban J connectivity index is 3.41. The Morgan fingerprint density at radius 2 is 0.822 bits per heavy atom. The first-order valence-electron chi connectivity index (χ1n) is 19.7. The molecule has 1 unspecified atom stereocenters. The molecule has 5 nitrogen and oxygen atoms in total. The standard InChI is InChI=1S/C40H76O5/c1-3-5-7-9-11-12-13-14-15-16-17-18-19-20-21-22-23-24-25-26-27-28-29-31-33-35-40(43)45-38(36-41)37-44-39(42)34-32-30-10-8-6-4-2/h16-17,38,41H,3-15,18-37H2,1-2H3/b17-16-. The highest BCUT2D eigenvalue weighted by Gasteiger charge is 2.16. The van der Waals surface area contributed by atoms with E-state index in [1.165, 1.54) is 148 Å². The number of hydrogen-bond donors (Lipinski definition) is 1. The van der Waals surface area contributed by atoms with Gasteiger partial charge in [0.25, 0.3) is 0 Å². The van der Waals surface area contributed by atoms with Crippen molar-refractivity contribution >= 4 is 11.9 Å². The van der Waals surface area contributed by atoms with Crippen molar-refractivity contribution in [2.75, 3.05) is 13.2 Å². The van der Waals surface area contributed by atoms with Crippen LogP contribution in [0.25, 0.3) is 0 Å². The summed E-state index contributed by atoms with van der Waals surface area (Å²) in [7, 11) is 0. The third kappa shape index (κ3) is 35.3. The zero-order valence-corrected chi connectivity index (χ0v) is 30.1. The van der Waals surface area contributed by atoms with Crippen LogP contribution in [0.1, 0.15) is 213 Å². The van der Waals surface area contributed by atoms with Crippen LogP contribution < -0.4 is 0 Å². The fourth-order valence-electron chi connectivity index (χ4n) is 5.78. The van der Waals surface area contributed by atoms with Gasteiger partial charge in [0.1, 0.15) is 6.61 Å². The number of rotatable bonds is 36. The number of allylic oxidation sites excluding steroid dienone is 2. The van der Waals surface area contributed by atoms with E-state index in [9.17, 15) is 14.7 Å². The summed E-state index contributed by atoms with van der Waals surface area (Å²) < 4.78 is 10.5.